The van der Waals surface area contributed by atoms with Crippen LogP contribution in [0.4, 0.5) is 4.39 Å². The van der Waals surface area contributed by atoms with Gasteiger partial charge >= 0.3 is 0 Å². The molecular formula is C17H26FN. The molecule has 2 rings (SSSR count). The number of hydrogen-bond acceptors (Lipinski definition) is 1. The lowest BCUT2D eigenvalue weighted by atomic mass is 9.77. The van der Waals surface area contributed by atoms with Crippen molar-refractivity contribution in [2.24, 2.45) is 5.41 Å². The summed E-state index contributed by atoms with van der Waals surface area (Å²) in [5.41, 5.74) is 2.59. The van der Waals surface area contributed by atoms with E-state index in [0.29, 0.717) is 5.41 Å². The Balaban J connectivity index is 1.96. The molecule has 0 radical (unpaired) electrons. The highest BCUT2D eigenvalue weighted by molar-refractivity contribution is 5.24. The molecule has 0 amide bonds. The number of benzene rings is 1. The first-order chi connectivity index (χ1) is 9.15. The van der Waals surface area contributed by atoms with Gasteiger partial charge in [0.15, 0.2) is 0 Å². The van der Waals surface area contributed by atoms with Crippen LogP contribution in [-0.2, 0) is 6.42 Å². The number of halogens is 1. The molecule has 0 aliphatic heterocycles. The predicted octanol–water partition coefficient (Wildman–Crippen LogP) is 4.24. The Bertz CT molecular complexity index is 408. The lowest BCUT2D eigenvalue weighted by Crippen LogP contribution is -2.23. The highest BCUT2D eigenvalue weighted by atomic mass is 19.1. The molecule has 1 N–H and O–H groups in total. The minimum absolute atomic E-state index is 0.0884. The Hall–Kier alpha value is -0.890. The molecule has 2 heteroatoms. The summed E-state index contributed by atoms with van der Waals surface area (Å²) in [7, 11) is 2.03. The minimum atomic E-state index is -0.0884. The largest absolute Gasteiger partial charge is 0.320 e. The third kappa shape index (κ3) is 3.79. The monoisotopic (exact) mass is 263 g/mol. The fourth-order valence-electron chi connectivity index (χ4n) is 3.41. The van der Waals surface area contributed by atoms with Crippen molar-refractivity contribution in [3.8, 4) is 0 Å². The molecule has 1 aromatic rings. The van der Waals surface area contributed by atoms with Gasteiger partial charge in [0.1, 0.15) is 5.82 Å². The summed E-state index contributed by atoms with van der Waals surface area (Å²) in [6, 6.07) is 5.57. The zero-order valence-electron chi connectivity index (χ0n) is 12.3. The summed E-state index contributed by atoms with van der Waals surface area (Å²) in [6.45, 7) is 2.97. The lowest BCUT2D eigenvalue weighted by molar-refractivity contribution is 0.247. The van der Waals surface area contributed by atoms with E-state index in [0.717, 1.165) is 18.5 Å². The number of aryl methyl sites for hydroxylation is 2. The van der Waals surface area contributed by atoms with E-state index >= 15 is 0 Å². The molecule has 0 spiro atoms. The van der Waals surface area contributed by atoms with Gasteiger partial charge in [0.05, 0.1) is 0 Å². The third-order valence-corrected chi connectivity index (χ3v) is 4.74. The fourth-order valence-corrected chi connectivity index (χ4v) is 3.41. The summed E-state index contributed by atoms with van der Waals surface area (Å²) in [5, 5.41) is 3.28. The van der Waals surface area contributed by atoms with Crippen molar-refractivity contribution in [2.45, 2.75) is 51.9 Å². The molecule has 1 saturated carbocycles. The molecule has 0 heterocycles. The Morgan fingerprint density at radius 1 is 1.21 bits per heavy atom. The first-order valence-corrected chi connectivity index (χ1v) is 7.55. The highest BCUT2D eigenvalue weighted by Gasteiger charge is 2.32. The minimum Gasteiger partial charge on any atom is -0.320 e. The molecule has 19 heavy (non-hydrogen) atoms. The summed E-state index contributed by atoms with van der Waals surface area (Å²) in [4.78, 5) is 0. The zero-order chi connectivity index (χ0) is 13.7. The van der Waals surface area contributed by atoms with Gasteiger partial charge in [-0.3, -0.25) is 0 Å². The molecule has 0 atom stereocenters. The van der Waals surface area contributed by atoms with Crippen LogP contribution in [0, 0.1) is 18.2 Å². The Labute approximate surface area is 116 Å². The maximum Gasteiger partial charge on any atom is 0.126 e. The average molecular weight is 263 g/mol. The average Bonchev–Trinajstić information content (AvgIpc) is 2.87. The number of hydrogen-bond donors (Lipinski definition) is 1. The van der Waals surface area contributed by atoms with Crippen molar-refractivity contribution in [1.29, 1.82) is 0 Å². The Morgan fingerprint density at radius 2 is 1.95 bits per heavy atom. The lowest BCUT2D eigenvalue weighted by Gasteiger charge is -2.29. The summed E-state index contributed by atoms with van der Waals surface area (Å²) >= 11 is 0. The molecule has 1 nitrogen and oxygen atoms in total. The van der Waals surface area contributed by atoms with Gasteiger partial charge in [-0.2, -0.15) is 0 Å². The van der Waals surface area contributed by atoms with E-state index in [4.69, 9.17) is 0 Å². The van der Waals surface area contributed by atoms with E-state index < -0.39 is 0 Å². The van der Waals surface area contributed by atoms with Crippen molar-refractivity contribution < 1.29 is 4.39 Å². The predicted molar refractivity (Wildman–Crippen MR) is 78.9 cm³/mol. The summed E-state index contributed by atoms with van der Waals surface area (Å²) in [6.07, 6.45) is 9.12. The smallest absolute Gasteiger partial charge is 0.126 e. The van der Waals surface area contributed by atoms with Crippen molar-refractivity contribution in [1.82, 2.24) is 5.32 Å². The number of nitrogens with one attached hydrogen (secondary N) is 1. The van der Waals surface area contributed by atoms with Gasteiger partial charge in [-0.15, -0.1) is 0 Å². The maximum absolute atomic E-state index is 13.3. The molecule has 0 saturated heterocycles. The van der Waals surface area contributed by atoms with E-state index in [1.807, 2.05) is 26.1 Å². The maximum atomic E-state index is 13.3. The molecule has 0 bridgehead atoms. The molecule has 1 aliphatic rings. The van der Waals surface area contributed by atoms with Gasteiger partial charge in [0.25, 0.3) is 0 Å². The van der Waals surface area contributed by atoms with Crippen LogP contribution in [0.1, 0.15) is 49.7 Å². The van der Waals surface area contributed by atoms with Crippen molar-refractivity contribution >= 4 is 0 Å². The SMILES string of the molecule is CNCCC1(CCc2ccc(F)c(C)c2)CCCC1. The molecule has 0 aromatic heterocycles. The second-order valence-electron chi connectivity index (χ2n) is 6.14. The van der Waals surface area contributed by atoms with Crippen molar-refractivity contribution in [3.63, 3.8) is 0 Å². The van der Waals surface area contributed by atoms with Crippen LogP contribution in [0.3, 0.4) is 0 Å². The van der Waals surface area contributed by atoms with Crippen LogP contribution in [-0.4, -0.2) is 13.6 Å². The second-order valence-corrected chi connectivity index (χ2v) is 6.14. The summed E-state index contributed by atoms with van der Waals surface area (Å²) < 4.78 is 13.3. The van der Waals surface area contributed by atoms with E-state index in [9.17, 15) is 4.39 Å². The molecular weight excluding hydrogens is 237 g/mol. The van der Waals surface area contributed by atoms with Gasteiger partial charge in [-0.25, -0.2) is 4.39 Å². The zero-order valence-corrected chi connectivity index (χ0v) is 12.3. The second kappa shape index (κ2) is 6.51. The molecule has 106 valence electrons. The van der Waals surface area contributed by atoms with E-state index in [2.05, 4.69) is 5.32 Å². The van der Waals surface area contributed by atoms with E-state index in [1.165, 1.54) is 44.1 Å². The van der Waals surface area contributed by atoms with Crippen LogP contribution in [0.15, 0.2) is 18.2 Å². The molecule has 1 fully saturated rings. The van der Waals surface area contributed by atoms with Gasteiger partial charge < -0.3 is 5.32 Å². The standard InChI is InChI=1S/C17H26FN/c1-14-13-15(5-6-16(14)18)7-10-17(11-12-19-2)8-3-4-9-17/h5-6,13,19H,3-4,7-12H2,1-2H3. The fraction of sp³-hybridized carbons (Fsp3) is 0.647. The first kappa shape index (κ1) is 14.5. The quantitative estimate of drug-likeness (QED) is 0.809. The summed E-state index contributed by atoms with van der Waals surface area (Å²) in [5.74, 6) is -0.0884. The molecule has 0 unspecified atom stereocenters. The van der Waals surface area contributed by atoms with E-state index in [1.54, 1.807) is 6.07 Å². The van der Waals surface area contributed by atoms with E-state index in [-0.39, 0.29) is 5.82 Å². The number of rotatable bonds is 6. The molecule has 1 aliphatic carbocycles. The Kier molecular flexibility index (Phi) is 4.98. The van der Waals surface area contributed by atoms with Crippen LogP contribution in [0.2, 0.25) is 0 Å². The van der Waals surface area contributed by atoms with Crippen LogP contribution < -0.4 is 5.32 Å². The highest BCUT2D eigenvalue weighted by Crippen LogP contribution is 2.44. The Morgan fingerprint density at radius 3 is 2.58 bits per heavy atom. The first-order valence-electron chi connectivity index (χ1n) is 7.55. The van der Waals surface area contributed by atoms with Gasteiger partial charge in [0.2, 0.25) is 0 Å². The normalized spacial score (nSPS) is 17.8. The van der Waals surface area contributed by atoms with Crippen LogP contribution in [0.25, 0.3) is 0 Å². The molecule has 1 aromatic carbocycles. The third-order valence-electron chi connectivity index (χ3n) is 4.74. The van der Waals surface area contributed by atoms with Crippen LogP contribution >= 0.6 is 0 Å². The van der Waals surface area contributed by atoms with Gasteiger partial charge in [0, 0.05) is 0 Å². The topological polar surface area (TPSA) is 12.0 Å². The van der Waals surface area contributed by atoms with Crippen LogP contribution in [0.5, 0.6) is 0 Å². The van der Waals surface area contributed by atoms with Gasteiger partial charge in [-0.05, 0) is 75.2 Å². The van der Waals surface area contributed by atoms with Crippen molar-refractivity contribution in [2.75, 3.05) is 13.6 Å². The van der Waals surface area contributed by atoms with Crippen molar-refractivity contribution in [3.05, 3.63) is 35.1 Å². The van der Waals surface area contributed by atoms with Gasteiger partial charge in [-0.1, -0.05) is 25.0 Å².